The first-order chi connectivity index (χ1) is 39.8. The number of halogens is 2. The maximum Gasteiger partial charge on any atom is 0.255 e. The molecule has 1 atom stereocenters. The van der Waals surface area contributed by atoms with Crippen LogP contribution in [0, 0.1) is 5.92 Å². The number of hydrogen-bond acceptors (Lipinski definition) is 18. The van der Waals surface area contributed by atoms with Crippen LogP contribution in [0.2, 0.25) is 0 Å². The zero-order valence-corrected chi connectivity index (χ0v) is 46.3. The maximum atomic E-state index is 13.0. The maximum absolute atomic E-state index is 13.0. The van der Waals surface area contributed by atoms with Crippen molar-refractivity contribution in [2.75, 3.05) is 54.4 Å². The Morgan fingerprint density at radius 1 is 0.585 bits per heavy atom. The van der Waals surface area contributed by atoms with E-state index in [1.165, 1.54) is 0 Å². The summed E-state index contributed by atoms with van der Waals surface area (Å²) in [6.07, 6.45) is 6.93. The Morgan fingerprint density at radius 3 is 1.43 bits per heavy atom. The van der Waals surface area contributed by atoms with Crippen LogP contribution in [0.1, 0.15) is 59.5 Å². The van der Waals surface area contributed by atoms with E-state index in [0.717, 1.165) is 107 Å². The van der Waals surface area contributed by atoms with E-state index in [9.17, 15) is 17.2 Å². The lowest BCUT2D eigenvalue weighted by molar-refractivity contribution is 0.0850. The lowest BCUT2D eigenvalue weighted by Gasteiger charge is -2.22. The van der Waals surface area contributed by atoms with Crippen molar-refractivity contribution in [3.8, 4) is 17.6 Å². The van der Waals surface area contributed by atoms with E-state index in [1.54, 1.807) is 42.1 Å². The van der Waals surface area contributed by atoms with Crippen LogP contribution < -0.4 is 30.2 Å². The molecular formula is C58H59F2N15O6S. The van der Waals surface area contributed by atoms with Gasteiger partial charge in [0, 0.05) is 100 Å². The van der Waals surface area contributed by atoms with Crippen molar-refractivity contribution in [1.82, 2.24) is 44.3 Å². The average molecular weight is 1130 g/mol. The summed E-state index contributed by atoms with van der Waals surface area (Å²) in [4.78, 5) is 26.8. The number of aliphatic imine (C=N–C) groups is 3. The fourth-order valence-corrected chi connectivity index (χ4v) is 11.6. The number of pyridine rings is 3. The molecule has 4 aliphatic heterocycles. The van der Waals surface area contributed by atoms with E-state index in [2.05, 4.69) is 67.2 Å². The Labute approximate surface area is 470 Å². The van der Waals surface area contributed by atoms with Crippen LogP contribution in [0.4, 0.5) is 25.8 Å². The first-order valence-electron chi connectivity index (χ1n) is 26.9. The number of benzene rings is 3. The van der Waals surface area contributed by atoms with Crippen molar-refractivity contribution in [3.63, 3.8) is 0 Å². The third-order valence-corrected chi connectivity index (χ3v) is 16.4. The average Bonchev–Trinajstić information content (AvgIpc) is 4.38. The van der Waals surface area contributed by atoms with Gasteiger partial charge in [-0.25, -0.2) is 17.2 Å². The van der Waals surface area contributed by atoms with Crippen molar-refractivity contribution in [3.05, 3.63) is 143 Å². The largest absolute Gasteiger partial charge is 0.476 e. The van der Waals surface area contributed by atoms with Gasteiger partial charge in [-0.15, -0.1) is 15.3 Å². The predicted molar refractivity (Wildman–Crippen MR) is 309 cm³/mol. The van der Waals surface area contributed by atoms with Crippen molar-refractivity contribution >= 4 is 77.1 Å². The Kier molecular flexibility index (Phi) is 14.8. The highest BCUT2D eigenvalue weighted by molar-refractivity contribution is 7.91. The van der Waals surface area contributed by atoms with E-state index < -0.39 is 21.7 Å². The highest BCUT2D eigenvalue weighted by Crippen LogP contribution is 2.49. The standard InChI is InChI=1S/C20H21N5O3S.C19H17F2N5O.C19H21N5O2/c1-25-17-11-14(23-19-18-13(12-22-19)3-2-8-21-18)4-5-16(17)20(24-25)28-15-6-9-29(26,27)10-7-15;1-26-15-7-13(24-17-16-11(9-23-17)3-2-6-22-16)4-5-14(15)18(25-26)27-10-12-8-19(12,20)21;1-24-16-11-14(22-18-17-13(12-21-18)5-3-8-20-17)6-7-15(16)19(23-24)26-10-4-9-25-2/h2-5,8,11,15H,6-7,9-10,12H2,1H3,(H,22,23);2-7,12H,8-10H2,1H3,(H,23,24);3,5-8,11H,4,9-10,12H2,1-2H3,(H,21,22). The number of nitrogens with one attached hydrogen (secondary N) is 3. The SMILES string of the molecule is COCCCOc1nn(C)c2cc(NC3=NCc4cccnc43)ccc12.Cn1nc(OC2CCS(=O)(=O)CC2)c2ccc(NC3=NCc4cccnc43)cc21.Cn1nc(OCC2CC2(F)F)c2ccc(NC3=NCc4cccnc43)cc21. The Bertz CT molecular complexity index is 4090. The summed E-state index contributed by atoms with van der Waals surface area (Å²) in [5.41, 5.74) is 11.5. The van der Waals surface area contributed by atoms with E-state index in [-0.39, 0.29) is 30.6 Å². The van der Waals surface area contributed by atoms with E-state index in [1.807, 2.05) is 104 Å². The highest BCUT2D eigenvalue weighted by atomic mass is 32.2. The van der Waals surface area contributed by atoms with Crippen LogP contribution in [-0.4, -0.2) is 121 Å². The third-order valence-electron chi connectivity index (χ3n) is 14.7. The van der Waals surface area contributed by atoms with Gasteiger partial charge >= 0.3 is 0 Å². The lowest BCUT2D eigenvalue weighted by atomic mass is 10.2. The van der Waals surface area contributed by atoms with Gasteiger partial charge in [-0.3, -0.25) is 44.0 Å². The fourth-order valence-electron chi connectivity index (χ4n) is 10.1. The van der Waals surface area contributed by atoms with Crippen LogP contribution in [0.25, 0.3) is 32.7 Å². The molecule has 14 rings (SSSR count). The van der Waals surface area contributed by atoms with Crippen LogP contribution in [0.5, 0.6) is 17.6 Å². The number of sulfone groups is 1. The van der Waals surface area contributed by atoms with E-state index in [0.29, 0.717) is 63.3 Å². The smallest absolute Gasteiger partial charge is 0.255 e. The molecule has 0 radical (unpaired) electrons. The van der Waals surface area contributed by atoms with Gasteiger partial charge in [0.05, 0.1) is 83.0 Å². The molecule has 0 spiro atoms. The second kappa shape index (κ2) is 22.6. The first-order valence-corrected chi connectivity index (χ1v) is 28.7. The number of aromatic nitrogens is 9. The molecule has 1 unspecified atom stereocenters. The van der Waals surface area contributed by atoms with Gasteiger partial charge in [0.1, 0.15) is 23.2 Å². The molecule has 0 amide bonds. The molecule has 82 heavy (non-hydrogen) atoms. The number of hydrogen-bond donors (Lipinski definition) is 3. The second-order valence-electron chi connectivity index (χ2n) is 20.5. The Morgan fingerprint density at radius 2 is 1.00 bits per heavy atom. The van der Waals surface area contributed by atoms with E-state index >= 15 is 0 Å². The number of rotatable bonds is 13. The normalized spacial score (nSPS) is 17.1. The third kappa shape index (κ3) is 11.5. The molecule has 2 fully saturated rings. The fraction of sp³-hybridized carbons (Fsp3) is 0.328. The molecule has 0 bridgehead atoms. The lowest BCUT2D eigenvalue weighted by Crippen LogP contribution is -2.30. The summed E-state index contributed by atoms with van der Waals surface area (Å²) < 4.78 is 77.1. The quantitative estimate of drug-likeness (QED) is 0.0919. The molecule has 9 aromatic rings. The van der Waals surface area contributed by atoms with E-state index in [4.69, 9.17) is 18.9 Å². The number of fused-ring (bicyclic) bond motifs is 6. The Hall–Kier alpha value is -8.90. The van der Waals surface area contributed by atoms with Gasteiger partial charge in [0.2, 0.25) is 17.6 Å². The molecule has 422 valence electrons. The van der Waals surface area contributed by atoms with Gasteiger partial charge < -0.3 is 34.9 Å². The number of methoxy groups -OCH3 is 1. The Balaban J connectivity index is 0.000000122. The molecule has 10 heterocycles. The van der Waals surface area contributed by atoms with Crippen LogP contribution in [0.3, 0.4) is 0 Å². The van der Waals surface area contributed by atoms with Crippen LogP contribution >= 0.6 is 0 Å². The topological polar surface area (TPSA) is 236 Å². The monoisotopic (exact) mass is 1130 g/mol. The molecule has 1 saturated carbocycles. The van der Waals surface area contributed by atoms with Gasteiger partial charge in [-0.2, -0.15) is 0 Å². The van der Waals surface area contributed by atoms with Crippen LogP contribution in [-0.2, 0) is 55.4 Å². The molecule has 24 heteroatoms. The minimum atomic E-state index is -2.91. The van der Waals surface area contributed by atoms with Crippen molar-refractivity contribution in [2.45, 2.75) is 57.3 Å². The number of amidine groups is 3. The van der Waals surface area contributed by atoms with Crippen molar-refractivity contribution in [2.24, 2.45) is 42.0 Å². The predicted octanol–water partition coefficient (Wildman–Crippen LogP) is 8.43. The van der Waals surface area contributed by atoms with Crippen molar-refractivity contribution < 1.29 is 36.1 Å². The molecule has 3 aromatic carbocycles. The van der Waals surface area contributed by atoms with Crippen LogP contribution in [0.15, 0.2) is 125 Å². The molecular weight excluding hydrogens is 1070 g/mol. The summed E-state index contributed by atoms with van der Waals surface area (Å²) in [6, 6.07) is 29.6. The highest BCUT2D eigenvalue weighted by Gasteiger charge is 2.57. The van der Waals surface area contributed by atoms with Gasteiger partial charge in [0.25, 0.3) is 5.92 Å². The summed E-state index contributed by atoms with van der Waals surface area (Å²) in [5, 5.41) is 26.0. The number of alkyl halides is 2. The summed E-state index contributed by atoms with van der Waals surface area (Å²) in [7, 11) is 4.36. The second-order valence-corrected chi connectivity index (χ2v) is 22.8. The van der Waals surface area contributed by atoms with Crippen molar-refractivity contribution in [1.29, 1.82) is 0 Å². The first kappa shape index (κ1) is 53.7. The number of ether oxygens (including phenoxy) is 4. The molecule has 1 aliphatic carbocycles. The molecule has 21 nitrogen and oxygen atoms in total. The van der Waals surface area contributed by atoms with Gasteiger partial charge in [-0.1, -0.05) is 18.2 Å². The number of anilines is 3. The van der Waals surface area contributed by atoms with Gasteiger partial charge in [0.15, 0.2) is 27.3 Å². The minimum absolute atomic E-state index is 0.0155. The molecule has 6 aromatic heterocycles. The summed E-state index contributed by atoms with van der Waals surface area (Å²) in [5.74, 6) is 0.935. The zero-order valence-electron chi connectivity index (χ0n) is 45.5. The molecule has 3 N–H and O–H groups in total. The van der Waals surface area contributed by atoms with Gasteiger partial charge in [-0.05, 0) is 85.6 Å². The zero-order chi connectivity index (χ0) is 56.5. The summed E-state index contributed by atoms with van der Waals surface area (Å²) in [6.45, 7) is 3.16. The molecule has 5 aliphatic rings. The number of aryl methyl sites for hydroxylation is 3. The minimum Gasteiger partial charge on any atom is -0.476 e. The number of nitrogens with zero attached hydrogens (tertiary/aromatic N) is 12. The molecule has 1 saturated heterocycles. The summed E-state index contributed by atoms with van der Waals surface area (Å²) >= 11 is 0.